The van der Waals surface area contributed by atoms with Crippen molar-refractivity contribution >= 4 is 50.8 Å². The SMILES string of the molecule is COc1nc(Nc2cc(C)ccc2O[C@@H]2CCNC2)ncc1C(=O)Nc1c(Cl)cccc1Br. The van der Waals surface area contributed by atoms with Crippen molar-refractivity contribution in [2.75, 3.05) is 30.8 Å². The summed E-state index contributed by atoms with van der Waals surface area (Å²) in [4.78, 5) is 21.6. The number of ether oxygens (including phenoxy) is 2. The number of nitrogens with zero attached hydrogens (tertiary/aromatic N) is 2. The maximum atomic E-state index is 12.9. The van der Waals surface area contributed by atoms with E-state index in [0.29, 0.717) is 20.9 Å². The van der Waals surface area contributed by atoms with Gasteiger partial charge in [-0.05, 0) is 65.6 Å². The summed E-state index contributed by atoms with van der Waals surface area (Å²) in [6.07, 6.45) is 2.47. The normalized spacial score (nSPS) is 15.2. The third kappa shape index (κ3) is 5.55. The van der Waals surface area contributed by atoms with Crippen LogP contribution in [0.1, 0.15) is 22.3 Å². The minimum absolute atomic E-state index is 0.110. The Morgan fingerprint density at radius 1 is 1.30 bits per heavy atom. The number of hydrogen-bond acceptors (Lipinski definition) is 7. The lowest BCUT2D eigenvalue weighted by atomic mass is 10.2. The second-order valence-electron chi connectivity index (χ2n) is 7.52. The molecule has 0 unspecified atom stereocenters. The van der Waals surface area contributed by atoms with Crippen LogP contribution in [0.4, 0.5) is 17.3 Å². The van der Waals surface area contributed by atoms with E-state index in [4.69, 9.17) is 21.1 Å². The summed E-state index contributed by atoms with van der Waals surface area (Å²) in [7, 11) is 1.45. The highest BCUT2D eigenvalue weighted by Gasteiger charge is 2.20. The van der Waals surface area contributed by atoms with Crippen molar-refractivity contribution in [2.45, 2.75) is 19.4 Å². The number of para-hydroxylation sites is 1. The van der Waals surface area contributed by atoms with Crippen molar-refractivity contribution in [1.82, 2.24) is 15.3 Å². The molecular formula is C23H23BrClN5O3. The van der Waals surface area contributed by atoms with Gasteiger partial charge in [0.05, 0.1) is 23.5 Å². The van der Waals surface area contributed by atoms with Gasteiger partial charge < -0.3 is 25.4 Å². The molecule has 2 heterocycles. The van der Waals surface area contributed by atoms with E-state index in [1.165, 1.54) is 13.3 Å². The number of rotatable bonds is 7. The molecule has 33 heavy (non-hydrogen) atoms. The van der Waals surface area contributed by atoms with Gasteiger partial charge in [-0.25, -0.2) is 4.98 Å². The van der Waals surface area contributed by atoms with Gasteiger partial charge in [-0.1, -0.05) is 23.7 Å². The number of benzene rings is 2. The van der Waals surface area contributed by atoms with E-state index in [1.807, 2.05) is 25.1 Å². The Hall–Kier alpha value is -2.88. The highest BCUT2D eigenvalue weighted by Crippen LogP contribution is 2.32. The molecule has 1 atom stereocenters. The van der Waals surface area contributed by atoms with E-state index in [9.17, 15) is 4.79 Å². The summed E-state index contributed by atoms with van der Waals surface area (Å²) < 4.78 is 12.2. The van der Waals surface area contributed by atoms with Crippen LogP contribution in [0.15, 0.2) is 47.1 Å². The van der Waals surface area contributed by atoms with Crippen LogP contribution in [0.25, 0.3) is 0 Å². The smallest absolute Gasteiger partial charge is 0.262 e. The summed E-state index contributed by atoms with van der Waals surface area (Å²) in [6, 6.07) is 11.1. The van der Waals surface area contributed by atoms with Crippen LogP contribution < -0.4 is 25.4 Å². The Balaban J connectivity index is 1.56. The first kappa shape index (κ1) is 23.3. The summed E-state index contributed by atoms with van der Waals surface area (Å²) in [5, 5.41) is 9.66. The highest BCUT2D eigenvalue weighted by molar-refractivity contribution is 9.10. The van der Waals surface area contributed by atoms with Gasteiger partial charge in [0.2, 0.25) is 11.8 Å². The molecule has 8 nitrogen and oxygen atoms in total. The molecule has 172 valence electrons. The second kappa shape index (κ2) is 10.4. The standard InChI is InChI=1S/C23H23BrClN5O3/c1-13-6-7-19(33-14-8-9-26-11-14)18(10-13)28-23-27-12-15(22(30-23)32-2)21(31)29-20-16(24)4-3-5-17(20)25/h3-7,10,12,14,26H,8-9,11H2,1-2H3,(H,29,31)(H,27,28,30)/t14-/m1/s1. The van der Waals surface area contributed by atoms with Crippen molar-refractivity contribution in [3.63, 3.8) is 0 Å². The topological polar surface area (TPSA) is 97.4 Å². The van der Waals surface area contributed by atoms with Crippen molar-refractivity contribution < 1.29 is 14.3 Å². The summed E-state index contributed by atoms with van der Waals surface area (Å²) in [5.74, 6) is 0.674. The lowest BCUT2D eigenvalue weighted by Crippen LogP contribution is -2.20. The number of carbonyl (C=O) groups is 1. The van der Waals surface area contributed by atoms with Crippen LogP contribution in [-0.4, -0.2) is 42.2 Å². The largest absolute Gasteiger partial charge is 0.487 e. The van der Waals surface area contributed by atoms with Gasteiger partial charge in [0.15, 0.2) is 0 Å². The number of nitrogens with one attached hydrogen (secondary N) is 3. The molecule has 0 aliphatic carbocycles. The number of amides is 1. The number of aryl methyl sites for hydroxylation is 1. The molecular weight excluding hydrogens is 510 g/mol. The first-order chi connectivity index (χ1) is 15.9. The fourth-order valence-corrected chi connectivity index (χ4v) is 4.21. The molecule has 1 aliphatic rings. The molecule has 1 amide bonds. The van der Waals surface area contributed by atoms with E-state index in [-0.39, 0.29) is 23.5 Å². The van der Waals surface area contributed by atoms with Crippen molar-refractivity contribution in [1.29, 1.82) is 0 Å². The zero-order valence-electron chi connectivity index (χ0n) is 18.1. The van der Waals surface area contributed by atoms with Crippen LogP contribution in [0.2, 0.25) is 5.02 Å². The first-order valence-electron chi connectivity index (χ1n) is 10.4. The van der Waals surface area contributed by atoms with Gasteiger partial charge in [0.25, 0.3) is 5.91 Å². The average molecular weight is 533 g/mol. The molecule has 0 bridgehead atoms. The summed E-state index contributed by atoms with van der Waals surface area (Å²) in [5.41, 5.74) is 2.42. The molecule has 1 aliphatic heterocycles. The van der Waals surface area contributed by atoms with E-state index in [1.54, 1.807) is 18.2 Å². The Bertz CT molecular complexity index is 1150. The number of carbonyl (C=O) groups excluding carboxylic acids is 1. The number of halogens is 2. The van der Waals surface area contributed by atoms with Gasteiger partial charge >= 0.3 is 0 Å². The zero-order valence-corrected chi connectivity index (χ0v) is 20.5. The number of hydrogen-bond donors (Lipinski definition) is 3. The molecule has 0 spiro atoms. The number of methoxy groups -OCH3 is 1. The van der Waals surface area contributed by atoms with Crippen molar-refractivity contribution in [3.8, 4) is 11.6 Å². The Morgan fingerprint density at radius 2 is 2.15 bits per heavy atom. The summed E-state index contributed by atoms with van der Waals surface area (Å²) in [6.45, 7) is 3.74. The Kier molecular flexibility index (Phi) is 7.32. The fraction of sp³-hybridized carbons (Fsp3) is 0.261. The quantitative estimate of drug-likeness (QED) is 0.396. The number of anilines is 3. The molecule has 3 aromatic rings. The maximum absolute atomic E-state index is 12.9. The third-order valence-corrected chi connectivity index (χ3v) is 6.06. The molecule has 1 aromatic heterocycles. The van der Waals surface area contributed by atoms with Crippen LogP contribution in [0, 0.1) is 6.92 Å². The molecule has 4 rings (SSSR count). The average Bonchev–Trinajstić information content (AvgIpc) is 3.31. The second-order valence-corrected chi connectivity index (χ2v) is 8.79. The highest BCUT2D eigenvalue weighted by atomic mass is 79.9. The molecule has 10 heteroatoms. The van der Waals surface area contributed by atoms with E-state index in [0.717, 1.165) is 30.8 Å². The van der Waals surface area contributed by atoms with Crippen LogP contribution in [0.5, 0.6) is 11.6 Å². The van der Waals surface area contributed by atoms with Gasteiger partial charge in [-0.15, -0.1) is 0 Å². The lowest BCUT2D eigenvalue weighted by Gasteiger charge is -2.17. The van der Waals surface area contributed by atoms with Gasteiger partial charge in [-0.2, -0.15) is 4.98 Å². The van der Waals surface area contributed by atoms with Crippen LogP contribution in [-0.2, 0) is 0 Å². The first-order valence-corrected chi connectivity index (χ1v) is 11.5. The minimum Gasteiger partial charge on any atom is -0.487 e. The fourth-order valence-electron chi connectivity index (χ4n) is 3.41. The number of aromatic nitrogens is 2. The molecule has 3 N–H and O–H groups in total. The molecule has 2 aromatic carbocycles. The van der Waals surface area contributed by atoms with Crippen LogP contribution in [0.3, 0.4) is 0 Å². The zero-order chi connectivity index (χ0) is 23.4. The van der Waals surface area contributed by atoms with Crippen LogP contribution >= 0.6 is 27.5 Å². The summed E-state index contributed by atoms with van der Waals surface area (Å²) >= 11 is 9.59. The van der Waals surface area contributed by atoms with E-state index >= 15 is 0 Å². The van der Waals surface area contributed by atoms with E-state index in [2.05, 4.69) is 41.8 Å². The van der Waals surface area contributed by atoms with Crippen molar-refractivity contribution in [3.05, 3.63) is 63.2 Å². The Morgan fingerprint density at radius 3 is 2.88 bits per heavy atom. The maximum Gasteiger partial charge on any atom is 0.262 e. The molecule has 1 fully saturated rings. The molecule has 0 radical (unpaired) electrons. The molecule has 1 saturated heterocycles. The lowest BCUT2D eigenvalue weighted by molar-refractivity contribution is 0.102. The van der Waals surface area contributed by atoms with Gasteiger partial charge in [-0.3, -0.25) is 4.79 Å². The van der Waals surface area contributed by atoms with Gasteiger partial charge in [0, 0.05) is 17.2 Å². The van der Waals surface area contributed by atoms with Crippen molar-refractivity contribution in [2.24, 2.45) is 0 Å². The predicted octanol–water partition coefficient (Wildman–Crippen LogP) is 4.95. The Labute approximate surface area is 205 Å². The van der Waals surface area contributed by atoms with E-state index < -0.39 is 5.91 Å². The third-order valence-electron chi connectivity index (χ3n) is 5.08. The monoisotopic (exact) mass is 531 g/mol. The van der Waals surface area contributed by atoms with Gasteiger partial charge in [0.1, 0.15) is 17.4 Å². The predicted molar refractivity (Wildman–Crippen MR) is 132 cm³/mol. The molecule has 0 saturated carbocycles. The minimum atomic E-state index is -0.444.